The molecule has 0 aromatic heterocycles. The molecule has 1 aliphatic heterocycles. The smallest absolute Gasteiger partial charge is 0.255 e. The van der Waals surface area contributed by atoms with Crippen molar-refractivity contribution in [2.45, 2.75) is 30.7 Å². The second-order valence-electron chi connectivity index (χ2n) is 9.66. The van der Waals surface area contributed by atoms with Crippen LogP contribution in [0.4, 0.5) is 11.4 Å². The second kappa shape index (κ2) is 12.4. The highest BCUT2D eigenvalue weighted by atomic mass is 32.2. The molecule has 4 rings (SSSR count). The molecule has 3 aromatic rings. The number of benzene rings is 3. The summed E-state index contributed by atoms with van der Waals surface area (Å²) in [6, 6.07) is 18.3. The number of anilines is 2. The number of methoxy groups -OCH3 is 2. The van der Waals surface area contributed by atoms with Crippen LogP contribution in [0.1, 0.15) is 41.7 Å². The fourth-order valence-electron chi connectivity index (χ4n) is 4.72. The van der Waals surface area contributed by atoms with Crippen LogP contribution in [0, 0.1) is 5.92 Å². The van der Waals surface area contributed by atoms with Gasteiger partial charge >= 0.3 is 0 Å². The average Bonchev–Trinajstić information content (AvgIpc) is 2.97. The van der Waals surface area contributed by atoms with Crippen LogP contribution in [0.3, 0.4) is 0 Å². The highest BCUT2D eigenvalue weighted by Gasteiger charge is 2.29. The maximum absolute atomic E-state index is 13.8. The van der Waals surface area contributed by atoms with Gasteiger partial charge < -0.3 is 25.4 Å². The zero-order chi connectivity index (χ0) is 28.9. The third kappa shape index (κ3) is 6.72. The molecule has 11 heteroatoms. The Labute approximate surface area is 234 Å². The molecule has 10 nitrogen and oxygen atoms in total. The molecule has 4 N–H and O–H groups in total. The van der Waals surface area contributed by atoms with Crippen LogP contribution in [-0.2, 0) is 14.8 Å². The fourth-order valence-corrected chi connectivity index (χ4v) is 6.20. The number of nitrogens with two attached hydrogens (primary N) is 1. The maximum Gasteiger partial charge on any atom is 0.255 e. The van der Waals surface area contributed by atoms with Gasteiger partial charge in [0.25, 0.3) is 5.91 Å². The minimum atomic E-state index is -4.04. The number of primary amides is 1. The summed E-state index contributed by atoms with van der Waals surface area (Å²) in [5.74, 6) is -0.159. The van der Waals surface area contributed by atoms with Gasteiger partial charge in [-0.1, -0.05) is 30.3 Å². The van der Waals surface area contributed by atoms with Crippen LogP contribution in [-0.4, -0.2) is 47.5 Å². The van der Waals surface area contributed by atoms with Gasteiger partial charge in [0.1, 0.15) is 16.4 Å². The first-order chi connectivity index (χ1) is 19.1. The Morgan fingerprint density at radius 1 is 0.950 bits per heavy atom. The van der Waals surface area contributed by atoms with E-state index in [1.54, 1.807) is 37.3 Å². The SMILES string of the molecule is COc1cc(OC)cc(C(=O)Nc2ccc(N3CCC(C(N)=O)CC3)c(S(=O)(=O)N[C@H](C)c3ccccc3)c2)c1. The Morgan fingerprint density at radius 3 is 2.15 bits per heavy atom. The van der Waals surface area contributed by atoms with E-state index in [2.05, 4.69) is 10.0 Å². The Morgan fingerprint density at radius 2 is 1.57 bits per heavy atom. The molecule has 0 unspecified atom stereocenters. The molecular formula is C29H34N4O6S. The maximum atomic E-state index is 13.8. The summed E-state index contributed by atoms with van der Waals surface area (Å²) in [4.78, 5) is 26.7. The van der Waals surface area contributed by atoms with E-state index in [-0.39, 0.29) is 22.3 Å². The van der Waals surface area contributed by atoms with Crippen molar-refractivity contribution in [1.82, 2.24) is 4.72 Å². The zero-order valence-electron chi connectivity index (χ0n) is 22.7. The van der Waals surface area contributed by atoms with E-state index >= 15 is 0 Å². The van der Waals surface area contributed by atoms with Crippen molar-refractivity contribution >= 4 is 33.2 Å². The van der Waals surface area contributed by atoms with Crippen LogP contribution >= 0.6 is 0 Å². The van der Waals surface area contributed by atoms with E-state index in [1.165, 1.54) is 20.3 Å². The van der Waals surface area contributed by atoms with Crippen molar-refractivity contribution in [1.29, 1.82) is 0 Å². The number of sulfonamides is 1. The first-order valence-corrected chi connectivity index (χ1v) is 14.4. The first kappa shape index (κ1) is 28.9. The van der Waals surface area contributed by atoms with E-state index in [0.717, 1.165) is 5.56 Å². The highest BCUT2D eigenvalue weighted by molar-refractivity contribution is 7.89. The van der Waals surface area contributed by atoms with Gasteiger partial charge in [-0.2, -0.15) is 0 Å². The Kier molecular flexibility index (Phi) is 8.96. The molecule has 212 valence electrons. The topological polar surface area (TPSA) is 140 Å². The third-order valence-corrected chi connectivity index (χ3v) is 8.56. The molecule has 0 spiro atoms. The van der Waals surface area contributed by atoms with Crippen molar-refractivity contribution < 1.29 is 27.5 Å². The Bertz CT molecular complexity index is 1450. The lowest BCUT2D eigenvalue weighted by atomic mass is 9.96. The number of amides is 2. The van der Waals surface area contributed by atoms with Crippen LogP contribution in [0.25, 0.3) is 0 Å². The standard InChI is InChI=1S/C29H34N4O6S/c1-19(20-7-5-4-6-8-20)32-40(36,37)27-17-23(9-10-26(27)33-13-11-21(12-14-33)28(30)34)31-29(35)22-15-24(38-2)18-25(16-22)39-3/h4-10,15-19,21,32H,11-14H2,1-3H3,(H2,30,34)(H,31,35)/t19-/m1/s1. The lowest BCUT2D eigenvalue weighted by Gasteiger charge is -2.33. The molecule has 40 heavy (non-hydrogen) atoms. The lowest BCUT2D eigenvalue weighted by molar-refractivity contribution is -0.122. The summed E-state index contributed by atoms with van der Waals surface area (Å²) < 4.78 is 40.8. The van der Waals surface area contributed by atoms with Gasteiger partial charge in [0.15, 0.2) is 0 Å². The van der Waals surface area contributed by atoms with Crippen LogP contribution < -0.4 is 30.1 Å². The van der Waals surface area contributed by atoms with E-state index in [0.29, 0.717) is 48.8 Å². The van der Waals surface area contributed by atoms with Gasteiger partial charge in [-0.15, -0.1) is 0 Å². The predicted molar refractivity (Wildman–Crippen MR) is 153 cm³/mol. The van der Waals surface area contributed by atoms with Gasteiger partial charge in [-0.3, -0.25) is 9.59 Å². The largest absolute Gasteiger partial charge is 0.497 e. The third-order valence-electron chi connectivity index (χ3n) is 6.99. The predicted octanol–water partition coefficient (Wildman–Crippen LogP) is 3.70. The molecule has 1 heterocycles. The lowest BCUT2D eigenvalue weighted by Crippen LogP contribution is -2.39. The fraction of sp³-hybridized carbons (Fsp3) is 0.310. The van der Waals surface area contributed by atoms with E-state index < -0.39 is 22.0 Å². The minimum absolute atomic E-state index is 0.0221. The molecule has 1 saturated heterocycles. The van der Waals surface area contributed by atoms with Crippen LogP contribution in [0.5, 0.6) is 11.5 Å². The molecular weight excluding hydrogens is 532 g/mol. The number of piperidine rings is 1. The van der Waals surface area contributed by atoms with Crippen molar-refractivity contribution in [2.75, 3.05) is 37.5 Å². The van der Waals surface area contributed by atoms with Gasteiger partial charge in [-0.05, 0) is 55.7 Å². The number of carbonyl (C=O) groups excluding carboxylic acids is 2. The minimum Gasteiger partial charge on any atom is -0.497 e. The van der Waals surface area contributed by atoms with Gasteiger partial charge in [-0.25, -0.2) is 13.1 Å². The first-order valence-electron chi connectivity index (χ1n) is 12.9. The van der Waals surface area contributed by atoms with Crippen molar-refractivity contribution in [3.05, 3.63) is 77.9 Å². The van der Waals surface area contributed by atoms with Crippen molar-refractivity contribution in [3.8, 4) is 11.5 Å². The van der Waals surface area contributed by atoms with Crippen LogP contribution in [0.15, 0.2) is 71.6 Å². The summed E-state index contributed by atoms with van der Waals surface area (Å²) in [6.07, 6.45) is 1.05. The number of carbonyl (C=O) groups is 2. The summed E-state index contributed by atoms with van der Waals surface area (Å²) in [7, 11) is -1.06. The molecule has 0 radical (unpaired) electrons. The molecule has 0 saturated carbocycles. The van der Waals surface area contributed by atoms with Gasteiger partial charge in [0.05, 0.1) is 19.9 Å². The van der Waals surface area contributed by atoms with E-state index in [4.69, 9.17) is 15.2 Å². The number of nitrogens with zero attached hydrogens (tertiary/aromatic N) is 1. The van der Waals surface area contributed by atoms with Crippen molar-refractivity contribution in [2.24, 2.45) is 11.7 Å². The summed E-state index contributed by atoms with van der Waals surface area (Å²) in [6.45, 7) is 2.71. The van der Waals surface area contributed by atoms with Crippen molar-refractivity contribution in [3.63, 3.8) is 0 Å². The number of hydrogen-bond donors (Lipinski definition) is 3. The van der Waals surface area contributed by atoms with Crippen LogP contribution in [0.2, 0.25) is 0 Å². The normalized spacial score (nSPS) is 14.8. The molecule has 1 aliphatic rings. The summed E-state index contributed by atoms with van der Waals surface area (Å²) >= 11 is 0. The zero-order valence-corrected chi connectivity index (χ0v) is 23.5. The number of hydrogen-bond acceptors (Lipinski definition) is 7. The Hall–Kier alpha value is -4.09. The molecule has 1 atom stereocenters. The summed E-state index contributed by atoms with van der Waals surface area (Å²) in [5.41, 5.74) is 7.37. The van der Waals surface area contributed by atoms with E-state index in [9.17, 15) is 18.0 Å². The molecule has 2 amide bonds. The molecule has 0 bridgehead atoms. The quantitative estimate of drug-likeness (QED) is 0.340. The Balaban J connectivity index is 1.67. The van der Waals surface area contributed by atoms with Gasteiger partial charge in [0.2, 0.25) is 15.9 Å². The average molecular weight is 567 g/mol. The molecule has 3 aromatic carbocycles. The highest BCUT2D eigenvalue weighted by Crippen LogP contribution is 2.33. The molecule has 0 aliphatic carbocycles. The number of nitrogens with one attached hydrogen (secondary N) is 2. The number of ether oxygens (including phenoxy) is 2. The molecule has 1 fully saturated rings. The van der Waals surface area contributed by atoms with E-state index in [1.807, 2.05) is 35.2 Å². The second-order valence-corrected chi connectivity index (χ2v) is 11.3. The monoisotopic (exact) mass is 566 g/mol. The number of rotatable bonds is 10. The summed E-state index contributed by atoms with van der Waals surface area (Å²) in [5, 5.41) is 2.79. The van der Waals surface area contributed by atoms with Gasteiger partial charge in [0, 0.05) is 42.4 Å².